The van der Waals surface area contributed by atoms with Gasteiger partial charge in [0.15, 0.2) is 0 Å². The first-order valence-corrected chi connectivity index (χ1v) is 9.18. The average molecular weight is 407 g/mol. The summed E-state index contributed by atoms with van der Waals surface area (Å²) < 4.78 is 6.48. The molecule has 0 aliphatic carbocycles. The normalized spacial score (nSPS) is 10.8. The van der Waals surface area contributed by atoms with Crippen molar-refractivity contribution < 1.29 is 9.21 Å². The van der Waals surface area contributed by atoms with Crippen LogP contribution in [0.15, 0.2) is 44.0 Å². The van der Waals surface area contributed by atoms with Gasteiger partial charge in [0.25, 0.3) is 0 Å². The van der Waals surface area contributed by atoms with Crippen molar-refractivity contribution in [3.63, 3.8) is 0 Å². The lowest BCUT2D eigenvalue weighted by Crippen LogP contribution is -2.31. The fraction of sp³-hybridized carbons (Fsp3) is 0.250. The van der Waals surface area contributed by atoms with Gasteiger partial charge in [0.2, 0.25) is 17.7 Å². The minimum absolute atomic E-state index is 0.0254. The van der Waals surface area contributed by atoms with Gasteiger partial charge in [0.05, 0.1) is 0 Å². The van der Waals surface area contributed by atoms with E-state index in [1.165, 1.54) is 0 Å². The SMILES string of the molecule is CCN(C(=O)CCc1nnc(-c2ccsc2)o1)c1ccc(Br)cn1. The molecule has 0 N–H and O–H groups in total. The standard InChI is InChI=1S/C16H15BrN4O2S/c1-2-21(13-4-3-12(17)9-18-13)15(22)6-5-14-19-20-16(23-14)11-7-8-24-10-11/h3-4,7-10H,2,5-6H2,1H3. The predicted octanol–water partition coefficient (Wildman–Crippen LogP) is 3.94. The number of aryl methyl sites for hydroxylation is 1. The number of hydrogen-bond acceptors (Lipinski definition) is 6. The van der Waals surface area contributed by atoms with Gasteiger partial charge >= 0.3 is 0 Å². The lowest BCUT2D eigenvalue weighted by Gasteiger charge is -2.19. The summed E-state index contributed by atoms with van der Waals surface area (Å²) in [6.07, 6.45) is 2.37. The van der Waals surface area contributed by atoms with Crippen LogP contribution in [0.3, 0.4) is 0 Å². The molecule has 0 bridgehead atoms. The van der Waals surface area contributed by atoms with Crippen LogP contribution in [0.5, 0.6) is 0 Å². The number of aromatic nitrogens is 3. The van der Waals surface area contributed by atoms with Crippen molar-refractivity contribution in [2.24, 2.45) is 0 Å². The molecule has 0 saturated carbocycles. The van der Waals surface area contributed by atoms with Crippen LogP contribution in [0.2, 0.25) is 0 Å². The molecule has 0 aromatic carbocycles. The Hall–Kier alpha value is -2.06. The number of pyridine rings is 1. The van der Waals surface area contributed by atoms with Gasteiger partial charge < -0.3 is 4.42 Å². The molecule has 0 aliphatic heterocycles. The molecular weight excluding hydrogens is 392 g/mol. The van der Waals surface area contributed by atoms with Crippen molar-refractivity contribution >= 4 is 39.0 Å². The third kappa shape index (κ3) is 3.88. The smallest absolute Gasteiger partial charge is 0.248 e. The Kier molecular flexibility index (Phi) is 5.37. The Morgan fingerprint density at radius 1 is 1.33 bits per heavy atom. The van der Waals surface area contributed by atoms with Crippen molar-refractivity contribution in [3.05, 3.63) is 45.5 Å². The molecule has 1 amide bonds. The number of carbonyl (C=O) groups is 1. The van der Waals surface area contributed by atoms with Gasteiger partial charge in [-0.15, -0.1) is 10.2 Å². The van der Waals surface area contributed by atoms with Gasteiger partial charge in [-0.25, -0.2) is 4.98 Å². The summed E-state index contributed by atoms with van der Waals surface area (Å²) in [7, 11) is 0. The number of amides is 1. The lowest BCUT2D eigenvalue weighted by atomic mass is 10.2. The van der Waals surface area contributed by atoms with Gasteiger partial charge in [-0.05, 0) is 46.4 Å². The monoisotopic (exact) mass is 406 g/mol. The molecule has 3 aromatic heterocycles. The first-order chi connectivity index (χ1) is 11.7. The van der Waals surface area contributed by atoms with E-state index in [-0.39, 0.29) is 12.3 Å². The Morgan fingerprint density at radius 3 is 2.88 bits per heavy atom. The summed E-state index contributed by atoms with van der Waals surface area (Å²) in [6, 6.07) is 5.60. The lowest BCUT2D eigenvalue weighted by molar-refractivity contribution is -0.118. The number of carbonyl (C=O) groups excluding carboxylic acids is 1. The molecule has 6 nitrogen and oxygen atoms in total. The Morgan fingerprint density at radius 2 is 2.21 bits per heavy atom. The minimum Gasteiger partial charge on any atom is -0.421 e. The van der Waals surface area contributed by atoms with E-state index in [9.17, 15) is 4.79 Å². The Labute approximate surface area is 151 Å². The van der Waals surface area contributed by atoms with E-state index in [0.717, 1.165) is 10.0 Å². The highest BCUT2D eigenvalue weighted by Gasteiger charge is 2.17. The Bertz CT molecular complexity index is 802. The van der Waals surface area contributed by atoms with Crippen molar-refractivity contribution in [1.29, 1.82) is 0 Å². The summed E-state index contributed by atoms with van der Waals surface area (Å²) in [5.41, 5.74) is 0.902. The van der Waals surface area contributed by atoms with E-state index in [4.69, 9.17) is 4.42 Å². The number of thiophene rings is 1. The number of nitrogens with zero attached hydrogens (tertiary/aromatic N) is 4. The molecule has 0 atom stereocenters. The highest BCUT2D eigenvalue weighted by Crippen LogP contribution is 2.21. The number of anilines is 1. The number of hydrogen-bond donors (Lipinski definition) is 0. The predicted molar refractivity (Wildman–Crippen MR) is 95.9 cm³/mol. The zero-order chi connectivity index (χ0) is 16.9. The van der Waals surface area contributed by atoms with Crippen molar-refractivity contribution in [2.45, 2.75) is 19.8 Å². The van der Waals surface area contributed by atoms with Crippen LogP contribution in [0, 0.1) is 0 Å². The average Bonchev–Trinajstić information content (AvgIpc) is 3.26. The maximum absolute atomic E-state index is 12.5. The van der Waals surface area contributed by atoms with Crippen LogP contribution in [0.4, 0.5) is 5.82 Å². The van der Waals surface area contributed by atoms with E-state index < -0.39 is 0 Å². The van der Waals surface area contributed by atoms with Gasteiger partial charge in [0.1, 0.15) is 5.82 Å². The van der Waals surface area contributed by atoms with E-state index in [2.05, 4.69) is 31.1 Å². The molecule has 24 heavy (non-hydrogen) atoms. The minimum atomic E-state index is -0.0254. The molecule has 0 unspecified atom stereocenters. The summed E-state index contributed by atoms with van der Waals surface area (Å²) in [5, 5.41) is 11.9. The maximum atomic E-state index is 12.5. The molecule has 0 fully saturated rings. The molecule has 3 aromatic rings. The highest BCUT2D eigenvalue weighted by atomic mass is 79.9. The van der Waals surface area contributed by atoms with Crippen LogP contribution >= 0.6 is 27.3 Å². The molecule has 3 rings (SSSR count). The van der Waals surface area contributed by atoms with Gasteiger partial charge in [0, 0.05) is 41.0 Å². The molecule has 3 heterocycles. The highest BCUT2D eigenvalue weighted by molar-refractivity contribution is 9.10. The summed E-state index contributed by atoms with van der Waals surface area (Å²) in [5.74, 6) is 1.56. The van der Waals surface area contributed by atoms with Gasteiger partial charge in [-0.3, -0.25) is 9.69 Å². The largest absolute Gasteiger partial charge is 0.421 e. The third-order valence-corrected chi connectivity index (χ3v) is 4.55. The molecule has 124 valence electrons. The van der Waals surface area contributed by atoms with E-state index in [1.54, 1.807) is 22.4 Å². The second kappa shape index (κ2) is 7.67. The molecule has 8 heteroatoms. The molecular formula is C16H15BrN4O2S. The van der Waals surface area contributed by atoms with Crippen LogP contribution in [0.25, 0.3) is 11.5 Å². The van der Waals surface area contributed by atoms with E-state index in [0.29, 0.717) is 30.6 Å². The van der Waals surface area contributed by atoms with Crippen molar-refractivity contribution in [3.8, 4) is 11.5 Å². The summed E-state index contributed by atoms with van der Waals surface area (Å²) in [6.45, 7) is 2.47. The zero-order valence-corrected chi connectivity index (χ0v) is 15.4. The summed E-state index contributed by atoms with van der Waals surface area (Å²) in [4.78, 5) is 18.4. The van der Waals surface area contributed by atoms with Crippen molar-refractivity contribution in [1.82, 2.24) is 15.2 Å². The molecule has 0 saturated heterocycles. The van der Waals surface area contributed by atoms with E-state index >= 15 is 0 Å². The van der Waals surface area contributed by atoms with Crippen LogP contribution in [-0.4, -0.2) is 27.6 Å². The van der Waals surface area contributed by atoms with Crippen LogP contribution in [-0.2, 0) is 11.2 Å². The second-order valence-corrected chi connectivity index (χ2v) is 6.68. The zero-order valence-electron chi connectivity index (χ0n) is 13.0. The fourth-order valence-electron chi connectivity index (χ4n) is 2.20. The van der Waals surface area contributed by atoms with Crippen molar-refractivity contribution in [2.75, 3.05) is 11.4 Å². The summed E-state index contributed by atoms with van der Waals surface area (Å²) >= 11 is 4.91. The third-order valence-electron chi connectivity index (χ3n) is 3.39. The maximum Gasteiger partial charge on any atom is 0.248 e. The second-order valence-electron chi connectivity index (χ2n) is 4.99. The quantitative estimate of drug-likeness (QED) is 0.619. The van der Waals surface area contributed by atoms with Crippen LogP contribution < -0.4 is 4.90 Å². The topological polar surface area (TPSA) is 72.1 Å². The first kappa shape index (κ1) is 16.8. The van der Waals surface area contributed by atoms with Crippen LogP contribution in [0.1, 0.15) is 19.2 Å². The molecule has 0 radical (unpaired) electrons. The molecule has 0 aliphatic rings. The fourth-order valence-corrected chi connectivity index (χ4v) is 3.06. The number of halogens is 1. The van der Waals surface area contributed by atoms with E-state index in [1.807, 2.05) is 35.9 Å². The van der Waals surface area contributed by atoms with Gasteiger partial charge in [-0.2, -0.15) is 11.3 Å². The Balaban J connectivity index is 1.63. The van der Waals surface area contributed by atoms with Gasteiger partial charge in [-0.1, -0.05) is 0 Å². The number of rotatable bonds is 6. The molecule has 0 spiro atoms. The first-order valence-electron chi connectivity index (χ1n) is 7.44.